The van der Waals surface area contributed by atoms with Crippen molar-refractivity contribution < 1.29 is 14.3 Å². The Morgan fingerprint density at radius 1 is 1.03 bits per heavy atom. The Kier molecular flexibility index (Phi) is 6.30. The number of rotatable bonds is 4. The molecule has 6 nitrogen and oxygen atoms in total. The number of piperidine rings is 1. The molecule has 8 heteroatoms. The minimum Gasteiger partial charge on any atom is -0.388 e. The third-order valence-corrected chi connectivity index (χ3v) is 7.53. The van der Waals surface area contributed by atoms with Crippen LogP contribution in [0.1, 0.15) is 24.4 Å². The Morgan fingerprint density at radius 2 is 1.71 bits per heavy atom. The van der Waals surface area contributed by atoms with Crippen molar-refractivity contribution in [2.24, 2.45) is 5.41 Å². The standard InChI is InChI=1S/C27H28ClFN4O2/c1-30-21-5-3-6-22(17-21)31-26(35)32-14-12-27(13-15-32)24(18-8-10-19(28)11-9-18)33(25(27)34)23-7-2-4-20(29)16-23/h2-11,16-17,24-25,30,34H,12-15H2,1H3,(H,31,35). The van der Waals surface area contributed by atoms with Gasteiger partial charge >= 0.3 is 6.03 Å². The first-order valence-electron chi connectivity index (χ1n) is 11.7. The first kappa shape index (κ1) is 23.5. The second-order valence-electron chi connectivity index (χ2n) is 9.20. The van der Waals surface area contributed by atoms with Crippen LogP contribution >= 0.6 is 11.6 Å². The summed E-state index contributed by atoms with van der Waals surface area (Å²) in [5.41, 5.74) is 2.82. The summed E-state index contributed by atoms with van der Waals surface area (Å²) in [5, 5.41) is 18.1. The lowest BCUT2D eigenvalue weighted by atomic mass is 9.61. The predicted octanol–water partition coefficient (Wildman–Crippen LogP) is 5.71. The monoisotopic (exact) mass is 494 g/mol. The van der Waals surface area contributed by atoms with E-state index in [1.165, 1.54) is 12.1 Å². The highest BCUT2D eigenvalue weighted by Gasteiger charge is 2.61. The molecule has 2 atom stereocenters. The Bertz CT molecular complexity index is 1210. The van der Waals surface area contributed by atoms with Gasteiger partial charge in [0.2, 0.25) is 0 Å². The van der Waals surface area contributed by atoms with Crippen molar-refractivity contribution in [3.63, 3.8) is 0 Å². The van der Waals surface area contributed by atoms with E-state index in [9.17, 15) is 14.3 Å². The van der Waals surface area contributed by atoms with Gasteiger partial charge in [0.25, 0.3) is 0 Å². The maximum absolute atomic E-state index is 14.0. The molecule has 0 radical (unpaired) electrons. The number of nitrogens with one attached hydrogen (secondary N) is 2. The first-order valence-corrected chi connectivity index (χ1v) is 12.1. The quantitative estimate of drug-likeness (QED) is 0.434. The van der Waals surface area contributed by atoms with Gasteiger partial charge in [0, 0.05) is 47.6 Å². The molecule has 2 fully saturated rings. The molecule has 0 bridgehead atoms. The molecule has 182 valence electrons. The van der Waals surface area contributed by atoms with Crippen molar-refractivity contribution in [3.8, 4) is 0 Å². The van der Waals surface area contributed by atoms with Gasteiger partial charge in [-0.25, -0.2) is 9.18 Å². The van der Waals surface area contributed by atoms with Crippen molar-refractivity contribution in [2.45, 2.75) is 25.1 Å². The molecule has 0 aliphatic carbocycles. The number of hydrogen-bond acceptors (Lipinski definition) is 4. The summed E-state index contributed by atoms with van der Waals surface area (Å²) in [4.78, 5) is 16.6. The van der Waals surface area contributed by atoms with Crippen LogP contribution < -0.4 is 15.5 Å². The van der Waals surface area contributed by atoms with Crippen molar-refractivity contribution in [1.82, 2.24) is 4.90 Å². The minimum atomic E-state index is -0.789. The van der Waals surface area contributed by atoms with Crippen LogP contribution in [0, 0.1) is 11.2 Å². The summed E-state index contributed by atoms with van der Waals surface area (Å²) in [6, 6.07) is 21.1. The number of carbonyl (C=O) groups is 1. The van der Waals surface area contributed by atoms with Crippen LogP contribution in [-0.2, 0) is 0 Å². The third kappa shape index (κ3) is 4.30. The zero-order valence-corrected chi connectivity index (χ0v) is 20.2. The van der Waals surface area contributed by atoms with Crippen LogP contribution in [0.5, 0.6) is 0 Å². The normalized spacial score (nSPS) is 20.9. The summed E-state index contributed by atoms with van der Waals surface area (Å²) < 4.78 is 14.0. The number of anilines is 3. The van der Waals surface area contributed by atoms with Crippen LogP contribution in [0.2, 0.25) is 5.02 Å². The molecule has 0 saturated carbocycles. The van der Waals surface area contributed by atoms with E-state index < -0.39 is 11.6 Å². The van der Waals surface area contributed by atoms with Gasteiger partial charge in [-0.15, -0.1) is 0 Å². The third-order valence-electron chi connectivity index (χ3n) is 7.28. The fraction of sp³-hybridized carbons (Fsp3) is 0.296. The number of aliphatic hydroxyl groups is 1. The molecule has 2 unspecified atom stereocenters. The number of carbonyl (C=O) groups excluding carboxylic acids is 1. The number of aliphatic hydroxyl groups excluding tert-OH is 1. The number of halogens is 2. The summed E-state index contributed by atoms with van der Waals surface area (Å²) in [5.74, 6) is -0.348. The molecule has 2 aliphatic rings. The topological polar surface area (TPSA) is 67.8 Å². The van der Waals surface area contributed by atoms with E-state index in [2.05, 4.69) is 10.6 Å². The molecule has 35 heavy (non-hydrogen) atoms. The fourth-order valence-electron chi connectivity index (χ4n) is 5.43. The highest BCUT2D eigenvalue weighted by atomic mass is 35.5. The summed E-state index contributed by atoms with van der Waals surface area (Å²) in [6.07, 6.45) is 0.455. The number of amides is 2. The lowest BCUT2D eigenvalue weighted by molar-refractivity contribution is -0.111. The second-order valence-corrected chi connectivity index (χ2v) is 9.63. The summed E-state index contributed by atoms with van der Waals surface area (Å²) >= 11 is 6.13. The lowest BCUT2D eigenvalue weighted by Gasteiger charge is -2.64. The van der Waals surface area contributed by atoms with Gasteiger partial charge in [-0.3, -0.25) is 0 Å². The molecule has 2 saturated heterocycles. The van der Waals surface area contributed by atoms with Crippen LogP contribution in [0.25, 0.3) is 0 Å². The summed E-state index contributed by atoms with van der Waals surface area (Å²) in [7, 11) is 1.83. The molecule has 2 aliphatic heterocycles. The molecule has 3 N–H and O–H groups in total. The molecule has 1 spiro atoms. The fourth-order valence-corrected chi connectivity index (χ4v) is 5.56. The van der Waals surface area contributed by atoms with Crippen LogP contribution in [0.15, 0.2) is 72.8 Å². The van der Waals surface area contributed by atoms with Gasteiger partial charge in [0.15, 0.2) is 0 Å². The molecular formula is C27H28ClFN4O2. The van der Waals surface area contributed by atoms with E-state index in [0.717, 1.165) is 16.9 Å². The number of urea groups is 1. The van der Waals surface area contributed by atoms with Crippen molar-refractivity contribution in [3.05, 3.63) is 89.2 Å². The second kappa shape index (κ2) is 9.40. The average molecular weight is 495 g/mol. The summed E-state index contributed by atoms with van der Waals surface area (Å²) in [6.45, 7) is 1.02. The first-order chi connectivity index (χ1) is 16.9. The maximum Gasteiger partial charge on any atom is 0.321 e. The number of hydrogen-bond donors (Lipinski definition) is 3. The number of benzene rings is 3. The zero-order valence-electron chi connectivity index (χ0n) is 19.4. The molecule has 5 rings (SSSR count). The zero-order chi connectivity index (χ0) is 24.6. The van der Waals surface area contributed by atoms with Gasteiger partial charge in [0.1, 0.15) is 12.0 Å². The van der Waals surface area contributed by atoms with Gasteiger partial charge in [0.05, 0.1) is 6.04 Å². The lowest BCUT2D eigenvalue weighted by Crippen LogP contribution is -2.69. The maximum atomic E-state index is 14.0. The van der Waals surface area contributed by atoms with Gasteiger partial charge in [-0.05, 0) is 66.9 Å². The average Bonchev–Trinajstić information content (AvgIpc) is 2.88. The van der Waals surface area contributed by atoms with Gasteiger partial charge in [-0.1, -0.05) is 35.9 Å². The molecule has 0 aromatic heterocycles. The van der Waals surface area contributed by atoms with Crippen LogP contribution in [0.4, 0.5) is 26.2 Å². The Morgan fingerprint density at radius 3 is 2.40 bits per heavy atom. The number of nitrogens with zero attached hydrogens (tertiary/aromatic N) is 2. The SMILES string of the molecule is CNc1cccc(NC(=O)N2CCC3(CC2)C(O)N(c2cccc(F)c2)C3c2ccc(Cl)cc2)c1. The number of likely N-dealkylation sites (tertiary alicyclic amines) is 1. The molecule has 2 heterocycles. The predicted molar refractivity (Wildman–Crippen MR) is 137 cm³/mol. The Hall–Kier alpha value is -3.29. The van der Waals surface area contributed by atoms with Gasteiger partial charge < -0.3 is 25.5 Å². The largest absolute Gasteiger partial charge is 0.388 e. The highest BCUT2D eigenvalue weighted by Crippen LogP contribution is 2.60. The van der Waals surface area contributed by atoms with Crippen molar-refractivity contribution in [2.75, 3.05) is 35.7 Å². The van der Waals surface area contributed by atoms with Gasteiger partial charge in [-0.2, -0.15) is 0 Å². The molecule has 3 aromatic carbocycles. The molecular weight excluding hydrogens is 467 g/mol. The smallest absolute Gasteiger partial charge is 0.321 e. The Balaban J connectivity index is 1.36. The van der Waals surface area contributed by atoms with E-state index in [0.29, 0.717) is 36.6 Å². The molecule has 3 aromatic rings. The van der Waals surface area contributed by atoms with Crippen LogP contribution in [-0.4, -0.2) is 42.4 Å². The Labute approximate surface area is 209 Å². The highest BCUT2D eigenvalue weighted by molar-refractivity contribution is 6.30. The van der Waals surface area contributed by atoms with Crippen molar-refractivity contribution >= 4 is 34.7 Å². The molecule has 2 amide bonds. The van der Waals surface area contributed by atoms with Crippen LogP contribution in [0.3, 0.4) is 0 Å². The van der Waals surface area contributed by atoms with E-state index in [-0.39, 0.29) is 17.9 Å². The van der Waals surface area contributed by atoms with Crippen molar-refractivity contribution in [1.29, 1.82) is 0 Å². The minimum absolute atomic E-state index is 0.158. The van der Waals surface area contributed by atoms with E-state index in [1.807, 2.05) is 66.5 Å². The van der Waals surface area contributed by atoms with E-state index >= 15 is 0 Å². The van der Waals surface area contributed by atoms with E-state index in [1.54, 1.807) is 11.0 Å². The van der Waals surface area contributed by atoms with E-state index in [4.69, 9.17) is 11.6 Å².